The van der Waals surface area contributed by atoms with E-state index in [0.29, 0.717) is 23.1 Å². The molecule has 0 bridgehead atoms. The van der Waals surface area contributed by atoms with Gasteiger partial charge in [0.15, 0.2) is 23.1 Å². The highest BCUT2D eigenvalue weighted by molar-refractivity contribution is 5.99. The first-order chi connectivity index (χ1) is 16.4. The van der Waals surface area contributed by atoms with Crippen LogP contribution in [0.1, 0.15) is 20.8 Å². The van der Waals surface area contributed by atoms with Crippen molar-refractivity contribution in [2.45, 2.75) is 38.4 Å². The number of likely N-dealkylation sites (N-methyl/N-ethyl adjacent to an activating group) is 2. The molecular formula is C23H31ClN6O6. The van der Waals surface area contributed by atoms with Gasteiger partial charge in [-0.05, 0) is 45.0 Å². The van der Waals surface area contributed by atoms with Crippen molar-refractivity contribution >= 4 is 42.0 Å². The summed E-state index contributed by atoms with van der Waals surface area (Å²) in [5, 5.41) is 9.46. The van der Waals surface area contributed by atoms with Gasteiger partial charge in [0.2, 0.25) is 5.91 Å². The van der Waals surface area contributed by atoms with E-state index in [1.54, 1.807) is 71.5 Å². The molecule has 2 atom stereocenters. The summed E-state index contributed by atoms with van der Waals surface area (Å²) in [6, 6.07) is 5.40. The summed E-state index contributed by atoms with van der Waals surface area (Å²) in [6.07, 6.45) is 2.02. The summed E-state index contributed by atoms with van der Waals surface area (Å²) in [5.41, 5.74) is 4.88. The maximum atomic E-state index is 12.6. The Labute approximate surface area is 215 Å². The number of carbonyl (C=O) groups is 3. The van der Waals surface area contributed by atoms with Crippen LogP contribution in [0.25, 0.3) is 0 Å². The highest BCUT2D eigenvalue weighted by Gasteiger charge is 2.41. The van der Waals surface area contributed by atoms with Gasteiger partial charge in [-0.25, -0.2) is 14.8 Å². The Morgan fingerprint density at radius 3 is 1.94 bits per heavy atom. The fourth-order valence-electron chi connectivity index (χ4n) is 3.74. The number of halogens is 1. The number of hydrogen-bond donors (Lipinski definition) is 2. The highest BCUT2D eigenvalue weighted by Crippen LogP contribution is 2.30. The Kier molecular flexibility index (Phi) is 9.05. The lowest BCUT2D eigenvalue weighted by atomic mass is 10.0. The lowest BCUT2D eigenvalue weighted by Gasteiger charge is -2.38. The van der Waals surface area contributed by atoms with Gasteiger partial charge in [-0.3, -0.25) is 24.3 Å². The maximum Gasteiger partial charge on any atom is 0.408 e. The summed E-state index contributed by atoms with van der Waals surface area (Å²) in [5.74, 6) is 1.44. The number of hydrogen-bond acceptors (Lipinski definition) is 8. The van der Waals surface area contributed by atoms with Crippen molar-refractivity contribution in [3.8, 4) is 11.5 Å². The van der Waals surface area contributed by atoms with E-state index >= 15 is 0 Å². The third-order valence-electron chi connectivity index (χ3n) is 5.46. The summed E-state index contributed by atoms with van der Waals surface area (Å²) in [4.78, 5) is 47.8. The minimum atomic E-state index is -1.16. The van der Waals surface area contributed by atoms with Crippen LogP contribution in [0.15, 0.2) is 36.7 Å². The van der Waals surface area contributed by atoms with Crippen molar-refractivity contribution in [3.63, 3.8) is 0 Å². The number of anilines is 2. The van der Waals surface area contributed by atoms with Crippen LogP contribution < -0.4 is 25.0 Å². The number of aromatic nitrogens is 2. The summed E-state index contributed by atoms with van der Waals surface area (Å²) in [7, 11) is 3.21. The molecule has 4 heterocycles. The summed E-state index contributed by atoms with van der Waals surface area (Å²) in [6.45, 7) is 5.38. The van der Waals surface area contributed by atoms with Crippen LogP contribution in [0.3, 0.4) is 0 Å². The maximum absolute atomic E-state index is 12.6. The predicted octanol–water partition coefficient (Wildman–Crippen LogP) is 1.77. The normalized spacial score (nSPS) is 19.1. The molecule has 0 aliphatic carbocycles. The topological polar surface area (TPSA) is 151 Å². The Morgan fingerprint density at radius 1 is 1.00 bits per heavy atom. The molecule has 3 N–H and O–H groups in total. The third kappa shape index (κ3) is 5.94. The molecule has 2 aromatic heterocycles. The van der Waals surface area contributed by atoms with Gasteiger partial charge in [0, 0.05) is 32.0 Å². The number of ether oxygens (including phenoxy) is 2. The smallest absolute Gasteiger partial charge is 0.408 e. The molecule has 0 spiro atoms. The molecule has 0 saturated heterocycles. The molecule has 2 unspecified atom stereocenters. The first-order valence-corrected chi connectivity index (χ1v) is 10.9. The molecule has 2 aromatic rings. The average molecular weight is 523 g/mol. The largest absolute Gasteiger partial charge is 0.488 e. The van der Waals surface area contributed by atoms with E-state index in [9.17, 15) is 19.5 Å². The fourth-order valence-corrected chi connectivity index (χ4v) is 3.74. The van der Waals surface area contributed by atoms with Crippen molar-refractivity contribution in [3.05, 3.63) is 36.7 Å². The first-order valence-electron chi connectivity index (χ1n) is 10.9. The number of carboxylic acid groups (broad SMARTS) is 1. The number of amides is 3. The van der Waals surface area contributed by atoms with E-state index < -0.39 is 23.7 Å². The zero-order chi connectivity index (χ0) is 25.9. The van der Waals surface area contributed by atoms with Crippen LogP contribution in [-0.4, -0.2) is 82.8 Å². The van der Waals surface area contributed by atoms with Crippen LogP contribution in [0.4, 0.5) is 16.4 Å². The second kappa shape index (κ2) is 11.4. The van der Waals surface area contributed by atoms with Gasteiger partial charge in [-0.15, -0.1) is 12.4 Å². The molecule has 2 aliphatic rings. The minimum Gasteiger partial charge on any atom is -0.488 e. The third-order valence-corrected chi connectivity index (χ3v) is 5.46. The van der Waals surface area contributed by atoms with Crippen LogP contribution in [0.5, 0.6) is 11.5 Å². The van der Waals surface area contributed by atoms with Crippen molar-refractivity contribution < 1.29 is 29.0 Å². The molecule has 0 aromatic carbocycles. The molecule has 196 valence electrons. The van der Waals surface area contributed by atoms with Crippen molar-refractivity contribution in [2.24, 2.45) is 5.73 Å². The Balaban J connectivity index is 0.000000265. The van der Waals surface area contributed by atoms with E-state index in [2.05, 4.69) is 9.97 Å². The average Bonchev–Trinajstić information content (AvgIpc) is 3.00. The molecular weight excluding hydrogens is 492 g/mol. The number of nitrogens with zero attached hydrogens (tertiary/aromatic N) is 5. The van der Waals surface area contributed by atoms with Crippen LogP contribution >= 0.6 is 12.4 Å². The minimum absolute atomic E-state index is 0. The van der Waals surface area contributed by atoms with Gasteiger partial charge in [0.1, 0.15) is 25.3 Å². The molecule has 0 radical (unpaired) electrons. The lowest BCUT2D eigenvalue weighted by molar-refractivity contribution is -0.125. The molecule has 3 amide bonds. The van der Waals surface area contributed by atoms with Gasteiger partial charge >= 0.3 is 6.09 Å². The summed E-state index contributed by atoms with van der Waals surface area (Å²) < 4.78 is 10.9. The van der Waals surface area contributed by atoms with Crippen LogP contribution in [0.2, 0.25) is 0 Å². The van der Waals surface area contributed by atoms with E-state index in [1.807, 2.05) is 0 Å². The molecule has 2 aliphatic heterocycles. The molecule has 0 fully saturated rings. The van der Waals surface area contributed by atoms with E-state index in [-0.39, 0.29) is 37.4 Å². The Morgan fingerprint density at radius 2 is 1.47 bits per heavy atom. The molecule has 0 saturated carbocycles. The zero-order valence-electron chi connectivity index (χ0n) is 20.7. The van der Waals surface area contributed by atoms with Gasteiger partial charge in [0.05, 0.1) is 0 Å². The van der Waals surface area contributed by atoms with Gasteiger partial charge in [0.25, 0.3) is 5.91 Å². The molecule has 12 nitrogen and oxygen atoms in total. The van der Waals surface area contributed by atoms with Crippen molar-refractivity contribution in [2.75, 3.05) is 37.1 Å². The number of rotatable bonds is 1. The van der Waals surface area contributed by atoms with E-state index in [1.165, 1.54) is 9.80 Å². The number of nitrogens with two attached hydrogens (primary N) is 1. The second-order valence-electron chi connectivity index (χ2n) is 9.01. The predicted molar refractivity (Wildman–Crippen MR) is 135 cm³/mol. The van der Waals surface area contributed by atoms with Crippen molar-refractivity contribution in [1.82, 2.24) is 14.9 Å². The second-order valence-corrected chi connectivity index (χ2v) is 9.01. The van der Waals surface area contributed by atoms with Crippen molar-refractivity contribution in [1.29, 1.82) is 0 Å². The Bertz CT molecular complexity index is 1110. The van der Waals surface area contributed by atoms with Crippen LogP contribution in [0, 0.1) is 0 Å². The SMILES string of the molecule is CN1C(=O)C(N(C(=O)O)C(C)(C)C)COc2cccnc21.CN1C(=O)C(N)COc2cccnc21.Cl. The number of carbonyl (C=O) groups excluding carboxylic acids is 2. The highest BCUT2D eigenvalue weighted by atomic mass is 35.5. The summed E-state index contributed by atoms with van der Waals surface area (Å²) >= 11 is 0. The van der Waals surface area contributed by atoms with Gasteiger partial charge < -0.3 is 20.3 Å². The van der Waals surface area contributed by atoms with Gasteiger partial charge in [-0.2, -0.15) is 0 Å². The quantitative estimate of drug-likeness (QED) is 0.570. The van der Waals surface area contributed by atoms with E-state index in [4.69, 9.17) is 15.2 Å². The molecule has 4 rings (SSSR count). The zero-order valence-corrected chi connectivity index (χ0v) is 21.6. The molecule has 13 heteroatoms. The lowest BCUT2D eigenvalue weighted by Crippen LogP contribution is -2.58. The molecule has 36 heavy (non-hydrogen) atoms. The monoisotopic (exact) mass is 522 g/mol. The number of fused-ring (bicyclic) bond motifs is 2. The van der Waals surface area contributed by atoms with E-state index in [0.717, 1.165) is 4.90 Å². The van der Waals surface area contributed by atoms with Gasteiger partial charge in [-0.1, -0.05) is 0 Å². The van der Waals surface area contributed by atoms with Crippen LogP contribution in [-0.2, 0) is 9.59 Å². The Hall–Kier alpha value is -3.64. The first kappa shape index (κ1) is 28.6. The number of pyridine rings is 2. The standard InChI is InChI=1S/C14H19N3O4.C9H11N3O2.ClH/c1-14(2,3)17(13(19)20)9-8-21-10-6-5-7-15-11(10)16(4)12(9)18;1-12-8-7(3-2-4-11-8)14-5-6(10)9(12)13;/h5-7,9H,8H2,1-4H3,(H,19,20);2-4,6H,5,10H2,1H3;1H. The fraction of sp³-hybridized carbons (Fsp3) is 0.435.